The lowest BCUT2D eigenvalue weighted by Crippen LogP contribution is -2.43. The lowest BCUT2D eigenvalue weighted by molar-refractivity contribution is -0.125. The van der Waals surface area contributed by atoms with Gasteiger partial charge in [0.1, 0.15) is 5.75 Å². The lowest BCUT2D eigenvalue weighted by atomic mass is 9.97. The lowest BCUT2D eigenvalue weighted by Gasteiger charge is -2.31. The quantitative estimate of drug-likeness (QED) is 0.905. The first kappa shape index (κ1) is 17.2. The maximum atomic E-state index is 12.6. The molecular formula is C19H24N4O2. The van der Waals surface area contributed by atoms with Gasteiger partial charge in [-0.3, -0.25) is 4.79 Å². The van der Waals surface area contributed by atoms with E-state index in [1.807, 2.05) is 25.1 Å². The highest BCUT2D eigenvalue weighted by Gasteiger charge is 2.26. The van der Waals surface area contributed by atoms with E-state index in [9.17, 15) is 4.79 Å². The number of aryl methyl sites for hydroxylation is 1. The molecule has 1 unspecified atom stereocenters. The third-order valence-electron chi connectivity index (χ3n) is 4.57. The number of hydrogen-bond donors (Lipinski definition) is 1. The molecule has 6 heteroatoms. The number of anilines is 1. The Labute approximate surface area is 148 Å². The molecule has 1 saturated heterocycles. The summed E-state index contributed by atoms with van der Waals surface area (Å²) in [5.41, 5.74) is 2.12. The molecule has 6 nitrogen and oxygen atoms in total. The van der Waals surface area contributed by atoms with E-state index in [0.717, 1.165) is 36.3 Å². The van der Waals surface area contributed by atoms with Gasteiger partial charge < -0.3 is 15.0 Å². The topological polar surface area (TPSA) is 67.3 Å². The van der Waals surface area contributed by atoms with Gasteiger partial charge in [-0.1, -0.05) is 12.1 Å². The van der Waals surface area contributed by atoms with E-state index in [1.165, 1.54) is 0 Å². The summed E-state index contributed by atoms with van der Waals surface area (Å²) < 4.78 is 5.34. The molecule has 132 valence electrons. The summed E-state index contributed by atoms with van der Waals surface area (Å²) in [4.78, 5) is 23.2. The van der Waals surface area contributed by atoms with E-state index < -0.39 is 0 Å². The zero-order chi connectivity index (χ0) is 17.6. The van der Waals surface area contributed by atoms with Gasteiger partial charge in [-0.25, -0.2) is 9.97 Å². The Kier molecular flexibility index (Phi) is 5.48. The van der Waals surface area contributed by atoms with E-state index in [0.29, 0.717) is 19.0 Å². The SMILES string of the molecule is COc1cc(CNC(=O)C2CCCN(c3ncccn3)C2)ccc1C. The van der Waals surface area contributed by atoms with Crippen LogP contribution >= 0.6 is 0 Å². The van der Waals surface area contributed by atoms with E-state index in [1.54, 1.807) is 25.6 Å². The minimum atomic E-state index is -0.0371. The Hall–Kier alpha value is -2.63. The molecule has 1 atom stereocenters. The summed E-state index contributed by atoms with van der Waals surface area (Å²) >= 11 is 0. The average Bonchev–Trinajstić information content (AvgIpc) is 2.68. The number of ether oxygens (including phenoxy) is 1. The van der Waals surface area contributed by atoms with Crippen LogP contribution in [0.5, 0.6) is 5.75 Å². The van der Waals surface area contributed by atoms with E-state index in [4.69, 9.17) is 4.74 Å². The second kappa shape index (κ2) is 7.96. The molecule has 0 radical (unpaired) electrons. The highest BCUT2D eigenvalue weighted by atomic mass is 16.5. The molecule has 2 aromatic rings. The highest BCUT2D eigenvalue weighted by molar-refractivity contribution is 5.79. The number of benzene rings is 1. The fourth-order valence-corrected chi connectivity index (χ4v) is 3.14. The number of carbonyl (C=O) groups excluding carboxylic acids is 1. The van der Waals surface area contributed by atoms with Gasteiger partial charge in [0.05, 0.1) is 13.0 Å². The van der Waals surface area contributed by atoms with E-state index >= 15 is 0 Å². The zero-order valence-corrected chi connectivity index (χ0v) is 14.7. The molecule has 0 bridgehead atoms. The Balaban J connectivity index is 1.57. The molecule has 1 N–H and O–H groups in total. The monoisotopic (exact) mass is 340 g/mol. The van der Waals surface area contributed by atoms with Crippen LogP contribution in [0.2, 0.25) is 0 Å². The molecule has 1 aliphatic heterocycles. The Morgan fingerprint density at radius 1 is 1.36 bits per heavy atom. The van der Waals surface area contributed by atoms with Gasteiger partial charge in [0, 0.05) is 32.0 Å². The van der Waals surface area contributed by atoms with Crippen molar-refractivity contribution in [3.05, 3.63) is 47.8 Å². The van der Waals surface area contributed by atoms with Crippen molar-refractivity contribution in [2.24, 2.45) is 5.92 Å². The normalized spacial score (nSPS) is 17.2. The summed E-state index contributed by atoms with van der Waals surface area (Å²) in [7, 11) is 1.66. The third-order valence-corrected chi connectivity index (χ3v) is 4.57. The smallest absolute Gasteiger partial charge is 0.225 e. The van der Waals surface area contributed by atoms with Crippen molar-refractivity contribution in [2.45, 2.75) is 26.3 Å². The van der Waals surface area contributed by atoms with Crippen LogP contribution in [0.1, 0.15) is 24.0 Å². The molecule has 0 saturated carbocycles. The van der Waals surface area contributed by atoms with Crippen LogP contribution in [0.15, 0.2) is 36.7 Å². The van der Waals surface area contributed by atoms with Crippen LogP contribution in [0.4, 0.5) is 5.95 Å². The fourth-order valence-electron chi connectivity index (χ4n) is 3.14. The minimum Gasteiger partial charge on any atom is -0.496 e. The summed E-state index contributed by atoms with van der Waals surface area (Å²) in [6.45, 7) is 4.06. The Morgan fingerprint density at radius 2 is 2.16 bits per heavy atom. The predicted octanol–water partition coefficient (Wildman–Crippen LogP) is 2.33. The number of amides is 1. The highest BCUT2D eigenvalue weighted by Crippen LogP contribution is 2.21. The van der Waals surface area contributed by atoms with Crippen LogP contribution in [0, 0.1) is 12.8 Å². The zero-order valence-electron chi connectivity index (χ0n) is 14.7. The van der Waals surface area contributed by atoms with Crippen molar-refractivity contribution < 1.29 is 9.53 Å². The van der Waals surface area contributed by atoms with Crippen molar-refractivity contribution in [3.63, 3.8) is 0 Å². The summed E-state index contributed by atoms with van der Waals surface area (Å²) in [5, 5.41) is 3.05. The van der Waals surface area contributed by atoms with Crippen LogP contribution in [0.3, 0.4) is 0 Å². The van der Waals surface area contributed by atoms with Crippen LogP contribution < -0.4 is 15.0 Å². The molecule has 1 aromatic carbocycles. The first-order chi connectivity index (χ1) is 12.2. The molecule has 0 aliphatic carbocycles. The molecular weight excluding hydrogens is 316 g/mol. The molecule has 1 aliphatic rings. The van der Waals surface area contributed by atoms with Crippen LogP contribution in [-0.2, 0) is 11.3 Å². The minimum absolute atomic E-state index is 0.0371. The van der Waals surface area contributed by atoms with Gasteiger partial charge in [-0.2, -0.15) is 0 Å². The summed E-state index contributed by atoms with van der Waals surface area (Å²) in [6.07, 6.45) is 5.33. The number of carbonyl (C=O) groups is 1. The van der Waals surface area contributed by atoms with Gasteiger partial charge in [0.15, 0.2) is 0 Å². The Bertz CT molecular complexity index is 721. The third kappa shape index (κ3) is 4.26. The van der Waals surface area contributed by atoms with E-state index in [2.05, 4.69) is 20.2 Å². The fraction of sp³-hybridized carbons (Fsp3) is 0.421. The molecule has 1 fully saturated rings. The van der Waals surface area contributed by atoms with Gasteiger partial charge in [-0.15, -0.1) is 0 Å². The number of aromatic nitrogens is 2. The van der Waals surface area contributed by atoms with Crippen molar-refractivity contribution in [1.29, 1.82) is 0 Å². The molecule has 25 heavy (non-hydrogen) atoms. The second-order valence-corrected chi connectivity index (χ2v) is 6.36. The first-order valence-corrected chi connectivity index (χ1v) is 8.60. The predicted molar refractivity (Wildman–Crippen MR) is 96.5 cm³/mol. The number of rotatable bonds is 5. The summed E-state index contributed by atoms with van der Waals surface area (Å²) in [6, 6.07) is 7.80. The second-order valence-electron chi connectivity index (χ2n) is 6.36. The number of piperidine rings is 1. The standard InChI is InChI=1S/C19H24N4O2/c1-14-6-7-15(11-17(14)25-2)12-22-18(24)16-5-3-10-23(13-16)19-20-8-4-9-21-19/h4,6-9,11,16H,3,5,10,12-13H2,1-2H3,(H,22,24). The van der Waals surface area contributed by atoms with E-state index in [-0.39, 0.29) is 11.8 Å². The van der Waals surface area contributed by atoms with Crippen molar-refractivity contribution in [2.75, 3.05) is 25.1 Å². The molecule has 1 aromatic heterocycles. The average molecular weight is 340 g/mol. The van der Waals surface area contributed by atoms with Gasteiger partial charge in [-0.05, 0) is 43.0 Å². The first-order valence-electron chi connectivity index (χ1n) is 8.60. The number of methoxy groups -OCH3 is 1. The largest absolute Gasteiger partial charge is 0.496 e. The van der Waals surface area contributed by atoms with Crippen LogP contribution in [0.25, 0.3) is 0 Å². The van der Waals surface area contributed by atoms with Gasteiger partial charge >= 0.3 is 0 Å². The van der Waals surface area contributed by atoms with Gasteiger partial charge in [0.2, 0.25) is 11.9 Å². The van der Waals surface area contributed by atoms with Gasteiger partial charge in [0.25, 0.3) is 0 Å². The maximum absolute atomic E-state index is 12.6. The van der Waals surface area contributed by atoms with Crippen molar-refractivity contribution >= 4 is 11.9 Å². The molecule has 1 amide bonds. The number of hydrogen-bond acceptors (Lipinski definition) is 5. The van der Waals surface area contributed by atoms with Crippen molar-refractivity contribution in [1.82, 2.24) is 15.3 Å². The molecule has 0 spiro atoms. The summed E-state index contributed by atoms with van der Waals surface area (Å²) in [5.74, 6) is 1.59. The number of nitrogens with one attached hydrogen (secondary N) is 1. The molecule has 2 heterocycles. The number of nitrogens with zero attached hydrogens (tertiary/aromatic N) is 3. The van der Waals surface area contributed by atoms with Crippen LogP contribution in [-0.4, -0.2) is 36.1 Å². The molecule has 3 rings (SSSR count). The van der Waals surface area contributed by atoms with Crippen molar-refractivity contribution in [3.8, 4) is 5.75 Å². The Morgan fingerprint density at radius 3 is 2.92 bits per heavy atom. The maximum Gasteiger partial charge on any atom is 0.225 e.